The van der Waals surface area contributed by atoms with Gasteiger partial charge in [0, 0.05) is 19.3 Å². The molecule has 0 spiro atoms. The molecule has 0 saturated heterocycles. The number of hydrogen-bond donors (Lipinski definition) is 0. The molecule has 6 heteroatoms. The van der Waals surface area contributed by atoms with Crippen molar-refractivity contribution in [3.63, 3.8) is 0 Å². The van der Waals surface area contributed by atoms with Gasteiger partial charge in [0.2, 0.25) is 0 Å². The maximum Gasteiger partial charge on any atom is 0.306 e. The van der Waals surface area contributed by atoms with Crippen LogP contribution in [-0.4, -0.2) is 37.2 Å². The minimum Gasteiger partial charge on any atom is -0.462 e. The zero-order chi connectivity index (χ0) is 59.9. The van der Waals surface area contributed by atoms with E-state index in [0.29, 0.717) is 19.3 Å². The first-order valence-corrected chi connectivity index (χ1v) is 36.1. The van der Waals surface area contributed by atoms with Gasteiger partial charge in [-0.15, -0.1) is 0 Å². The zero-order valence-corrected chi connectivity index (χ0v) is 55.2. The van der Waals surface area contributed by atoms with Gasteiger partial charge in [0.15, 0.2) is 6.10 Å². The summed E-state index contributed by atoms with van der Waals surface area (Å²) in [6.45, 7) is 6.65. The highest BCUT2D eigenvalue weighted by molar-refractivity contribution is 5.71. The summed E-state index contributed by atoms with van der Waals surface area (Å²) in [7, 11) is 0. The van der Waals surface area contributed by atoms with E-state index < -0.39 is 6.10 Å². The third-order valence-corrected chi connectivity index (χ3v) is 15.8. The van der Waals surface area contributed by atoms with E-state index in [2.05, 4.69) is 106 Å². The second-order valence-electron chi connectivity index (χ2n) is 24.1. The monoisotopic (exact) mass is 1160 g/mol. The van der Waals surface area contributed by atoms with E-state index in [0.717, 1.165) is 89.9 Å². The summed E-state index contributed by atoms with van der Waals surface area (Å²) in [5, 5.41) is 0. The average Bonchev–Trinajstić information content (AvgIpc) is 3.49. The van der Waals surface area contributed by atoms with Gasteiger partial charge in [0.05, 0.1) is 0 Å². The molecule has 0 saturated carbocycles. The first-order valence-electron chi connectivity index (χ1n) is 36.1. The number of carbonyl (C=O) groups excluding carboxylic acids is 3. The highest BCUT2D eigenvalue weighted by Crippen LogP contribution is 2.17. The van der Waals surface area contributed by atoms with Crippen molar-refractivity contribution in [2.75, 3.05) is 13.2 Å². The lowest BCUT2D eigenvalue weighted by Crippen LogP contribution is -2.30. The predicted octanol–water partition coefficient (Wildman–Crippen LogP) is 25.0. The molecule has 0 bridgehead atoms. The van der Waals surface area contributed by atoms with Gasteiger partial charge < -0.3 is 14.2 Å². The quantitative estimate of drug-likeness (QED) is 0.0261. The number of ether oxygens (including phenoxy) is 3. The molecule has 0 aromatic carbocycles. The topological polar surface area (TPSA) is 78.9 Å². The van der Waals surface area contributed by atoms with Crippen molar-refractivity contribution in [2.45, 2.75) is 374 Å². The van der Waals surface area contributed by atoms with Gasteiger partial charge in [0.25, 0.3) is 0 Å². The second kappa shape index (κ2) is 71.1. The van der Waals surface area contributed by atoms with Gasteiger partial charge in [-0.2, -0.15) is 0 Å². The standard InChI is InChI=1S/C77H136O6/c1-4-7-10-13-16-19-22-25-28-30-32-34-36-38-40-42-44-46-49-52-55-58-61-64-67-70-76(79)82-73-74(72-81-75(78)69-66-63-60-57-54-51-48-27-24-21-18-15-12-9-6-3)83-77(80)71-68-65-62-59-56-53-50-47-45-43-41-39-37-35-33-31-29-26-23-20-17-14-11-8-5-2/h22-23,25-27,30-33,36-39,48,74H,4-21,24,28-29,34-35,40-47,49-73H2,1-3H3/b25-22-,26-23-,32-30-,33-31-,38-36-,39-37-,48-27-. The lowest BCUT2D eigenvalue weighted by atomic mass is 10.0. The SMILES string of the molecule is CCCCCCC/C=C\C/C=C\C/C=C\CCCCCCCCCCCCC(=O)OCC(COC(=O)CCCCCCC/C=C\CCCCCCCC)OC(=O)CCCCCCCCCCCC/C=C\C/C=C\C/C=C\CCCCCCC. The van der Waals surface area contributed by atoms with Crippen LogP contribution < -0.4 is 0 Å². The van der Waals surface area contributed by atoms with Crippen LogP contribution in [-0.2, 0) is 28.6 Å². The Balaban J connectivity index is 4.34. The molecule has 0 rings (SSSR count). The Hall–Kier alpha value is -3.41. The molecule has 6 nitrogen and oxygen atoms in total. The molecule has 480 valence electrons. The lowest BCUT2D eigenvalue weighted by Gasteiger charge is -2.18. The Kier molecular flexibility index (Phi) is 68.2. The summed E-state index contributed by atoms with van der Waals surface area (Å²) in [5.74, 6) is -0.879. The smallest absolute Gasteiger partial charge is 0.306 e. The number of allylic oxidation sites excluding steroid dienone is 14. The highest BCUT2D eigenvalue weighted by atomic mass is 16.6. The van der Waals surface area contributed by atoms with Crippen molar-refractivity contribution in [1.82, 2.24) is 0 Å². The second-order valence-corrected chi connectivity index (χ2v) is 24.1. The van der Waals surface area contributed by atoms with Crippen LogP contribution in [0, 0.1) is 0 Å². The van der Waals surface area contributed by atoms with Crippen molar-refractivity contribution in [1.29, 1.82) is 0 Å². The fourth-order valence-electron chi connectivity index (χ4n) is 10.4. The Bertz CT molecular complexity index is 1570. The van der Waals surface area contributed by atoms with Crippen molar-refractivity contribution in [2.24, 2.45) is 0 Å². The van der Waals surface area contributed by atoms with E-state index in [4.69, 9.17) is 14.2 Å². The van der Waals surface area contributed by atoms with Crippen LogP contribution in [0.1, 0.15) is 367 Å². The molecule has 0 fully saturated rings. The molecule has 83 heavy (non-hydrogen) atoms. The average molecular weight is 1160 g/mol. The van der Waals surface area contributed by atoms with Crippen LogP contribution >= 0.6 is 0 Å². The van der Waals surface area contributed by atoms with Gasteiger partial charge in [-0.3, -0.25) is 14.4 Å². The third kappa shape index (κ3) is 69.3. The highest BCUT2D eigenvalue weighted by Gasteiger charge is 2.19. The summed E-state index contributed by atoms with van der Waals surface area (Å²) in [6.07, 6.45) is 94.6. The van der Waals surface area contributed by atoms with Crippen LogP contribution in [0.2, 0.25) is 0 Å². The summed E-state index contributed by atoms with van der Waals surface area (Å²) < 4.78 is 17.0. The van der Waals surface area contributed by atoms with E-state index in [-0.39, 0.29) is 31.1 Å². The maximum absolute atomic E-state index is 13.0. The predicted molar refractivity (Wildman–Crippen MR) is 362 cm³/mol. The Morgan fingerprint density at radius 1 is 0.241 bits per heavy atom. The number of esters is 3. The van der Waals surface area contributed by atoms with Crippen LogP contribution in [0.15, 0.2) is 85.1 Å². The Labute approximate surface area is 515 Å². The first kappa shape index (κ1) is 79.6. The molecule has 0 heterocycles. The summed E-state index contributed by atoms with van der Waals surface area (Å²) in [5.41, 5.74) is 0. The van der Waals surface area contributed by atoms with E-state index in [1.165, 1.54) is 238 Å². The molecule has 0 aliphatic carbocycles. The first-order chi connectivity index (χ1) is 41.0. The van der Waals surface area contributed by atoms with Crippen molar-refractivity contribution < 1.29 is 28.6 Å². The summed E-state index contributed by atoms with van der Waals surface area (Å²) >= 11 is 0. The number of carbonyl (C=O) groups is 3. The van der Waals surface area contributed by atoms with Gasteiger partial charge in [-0.25, -0.2) is 0 Å². The van der Waals surface area contributed by atoms with Gasteiger partial charge >= 0.3 is 17.9 Å². The molecule has 0 aliphatic rings. The maximum atomic E-state index is 13.0. The molecule has 1 atom stereocenters. The van der Waals surface area contributed by atoms with E-state index >= 15 is 0 Å². The number of unbranched alkanes of at least 4 members (excludes halogenated alkanes) is 41. The molecule has 0 aromatic rings. The van der Waals surface area contributed by atoms with Crippen LogP contribution in [0.25, 0.3) is 0 Å². The Morgan fingerprint density at radius 3 is 0.687 bits per heavy atom. The molecular weight excluding hydrogens is 1020 g/mol. The molecule has 0 N–H and O–H groups in total. The lowest BCUT2D eigenvalue weighted by molar-refractivity contribution is -0.167. The van der Waals surface area contributed by atoms with E-state index in [1.807, 2.05) is 0 Å². The van der Waals surface area contributed by atoms with E-state index in [9.17, 15) is 14.4 Å². The van der Waals surface area contributed by atoms with Gasteiger partial charge in [-0.1, -0.05) is 311 Å². The van der Waals surface area contributed by atoms with Gasteiger partial charge in [-0.05, 0) is 122 Å². The third-order valence-electron chi connectivity index (χ3n) is 15.8. The molecule has 0 aliphatic heterocycles. The summed E-state index contributed by atoms with van der Waals surface area (Å²) in [4.78, 5) is 38.5. The van der Waals surface area contributed by atoms with Crippen molar-refractivity contribution in [3.8, 4) is 0 Å². The van der Waals surface area contributed by atoms with E-state index in [1.54, 1.807) is 0 Å². The fourth-order valence-corrected chi connectivity index (χ4v) is 10.4. The zero-order valence-electron chi connectivity index (χ0n) is 55.2. The largest absolute Gasteiger partial charge is 0.462 e. The van der Waals surface area contributed by atoms with Crippen LogP contribution in [0.5, 0.6) is 0 Å². The molecule has 0 radical (unpaired) electrons. The minimum absolute atomic E-state index is 0.0811. The number of hydrogen-bond acceptors (Lipinski definition) is 6. The minimum atomic E-state index is -0.786. The van der Waals surface area contributed by atoms with Crippen LogP contribution in [0.4, 0.5) is 0 Å². The van der Waals surface area contributed by atoms with Crippen LogP contribution in [0.3, 0.4) is 0 Å². The van der Waals surface area contributed by atoms with Crippen molar-refractivity contribution >= 4 is 17.9 Å². The molecule has 1 unspecified atom stereocenters. The van der Waals surface area contributed by atoms with Gasteiger partial charge in [0.1, 0.15) is 13.2 Å². The summed E-state index contributed by atoms with van der Waals surface area (Å²) in [6, 6.07) is 0. The Morgan fingerprint density at radius 2 is 0.434 bits per heavy atom. The van der Waals surface area contributed by atoms with Crippen molar-refractivity contribution in [3.05, 3.63) is 85.1 Å². The number of rotatable bonds is 66. The fraction of sp³-hybridized carbons (Fsp3) is 0.779. The molecular formula is C77H136O6. The normalized spacial score (nSPS) is 12.6. The molecule has 0 amide bonds. The molecule has 0 aromatic heterocycles.